The molecule has 1 unspecified atom stereocenters. The van der Waals surface area contributed by atoms with E-state index in [1.54, 1.807) is 6.07 Å². The number of aromatic hydroxyl groups is 1. The molecule has 3 atom stereocenters. The summed E-state index contributed by atoms with van der Waals surface area (Å²) in [6.45, 7) is 3.36. The van der Waals surface area contributed by atoms with Crippen molar-refractivity contribution in [3.8, 4) is 5.75 Å². The first-order valence-corrected chi connectivity index (χ1v) is 8.84. The van der Waals surface area contributed by atoms with E-state index < -0.39 is 5.91 Å². The van der Waals surface area contributed by atoms with Crippen LogP contribution >= 0.6 is 0 Å². The lowest BCUT2D eigenvalue weighted by atomic mass is 9.64. The molecule has 1 aromatic rings. The Morgan fingerprint density at radius 2 is 2.00 bits per heavy atom. The van der Waals surface area contributed by atoms with Gasteiger partial charge in [-0.1, -0.05) is 18.9 Å². The molecule has 1 aromatic carbocycles. The number of fused-ring (bicyclic) bond motifs is 3. The quantitative estimate of drug-likeness (QED) is 0.842. The van der Waals surface area contributed by atoms with Crippen molar-refractivity contribution in [3.63, 3.8) is 0 Å². The zero-order valence-electron chi connectivity index (χ0n) is 14.5. The second-order valence-corrected chi connectivity index (χ2v) is 7.82. The Morgan fingerprint density at radius 1 is 1.30 bits per heavy atom. The van der Waals surface area contributed by atoms with E-state index in [0.29, 0.717) is 17.9 Å². The second-order valence-electron chi connectivity index (χ2n) is 7.82. The van der Waals surface area contributed by atoms with Crippen molar-refractivity contribution in [2.75, 3.05) is 20.6 Å². The van der Waals surface area contributed by atoms with Crippen LogP contribution in [0.2, 0.25) is 0 Å². The lowest BCUT2D eigenvalue weighted by Gasteiger charge is -2.49. The molecule has 0 saturated heterocycles. The van der Waals surface area contributed by atoms with E-state index in [4.69, 9.17) is 5.73 Å². The molecule has 0 aliphatic heterocycles. The fourth-order valence-corrected chi connectivity index (χ4v) is 4.80. The summed E-state index contributed by atoms with van der Waals surface area (Å²) in [5.41, 5.74) is 7.93. The molecule has 4 heteroatoms. The first-order chi connectivity index (χ1) is 10.9. The second kappa shape index (κ2) is 5.82. The summed E-state index contributed by atoms with van der Waals surface area (Å²) in [5, 5.41) is 10.7. The largest absolute Gasteiger partial charge is 0.507 e. The van der Waals surface area contributed by atoms with E-state index >= 15 is 0 Å². The number of amides is 1. The van der Waals surface area contributed by atoms with Gasteiger partial charge in [0.05, 0.1) is 32.2 Å². The Labute approximate surface area is 138 Å². The summed E-state index contributed by atoms with van der Waals surface area (Å²) in [4.78, 5) is 11.6. The van der Waals surface area contributed by atoms with Crippen LogP contribution in [0.5, 0.6) is 5.75 Å². The van der Waals surface area contributed by atoms with E-state index in [1.807, 2.05) is 6.07 Å². The number of quaternary nitrogens is 1. The summed E-state index contributed by atoms with van der Waals surface area (Å²) in [7, 11) is 4.64. The van der Waals surface area contributed by atoms with Crippen molar-refractivity contribution in [2.45, 2.75) is 51.0 Å². The van der Waals surface area contributed by atoms with Gasteiger partial charge in [-0.25, -0.2) is 0 Å². The van der Waals surface area contributed by atoms with Gasteiger partial charge >= 0.3 is 0 Å². The third-order valence-corrected chi connectivity index (χ3v) is 6.40. The van der Waals surface area contributed by atoms with Crippen LogP contribution in [0.1, 0.15) is 60.0 Å². The summed E-state index contributed by atoms with van der Waals surface area (Å²) >= 11 is 0. The third-order valence-electron chi connectivity index (χ3n) is 6.40. The fraction of sp³-hybridized carbons (Fsp3) is 0.632. The number of rotatable bonds is 3. The van der Waals surface area contributed by atoms with Gasteiger partial charge in [-0.15, -0.1) is 0 Å². The minimum Gasteiger partial charge on any atom is -0.507 e. The Balaban J connectivity index is 2.11. The minimum atomic E-state index is -0.538. The number of carbonyl (C=O) groups excluding carboxylic acids is 1. The molecule has 0 radical (unpaired) electrons. The van der Waals surface area contributed by atoms with Crippen LogP contribution < -0.4 is 5.73 Å². The van der Waals surface area contributed by atoms with Crippen molar-refractivity contribution in [1.82, 2.24) is 0 Å². The molecule has 4 nitrogen and oxygen atoms in total. The first kappa shape index (κ1) is 16.3. The molecule has 0 bridgehead atoms. The Hall–Kier alpha value is -1.55. The predicted octanol–water partition coefficient (Wildman–Crippen LogP) is 2.79. The molecule has 126 valence electrons. The molecule has 1 saturated carbocycles. The molecule has 1 fully saturated rings. The van der Waals surface area contributed by atoms with Gasteiger partial charge < -0.3 is 15.3 Å². The number of hydrogen-bond donors (Lipinski definition) is 2. The van der Waals surface area contributed by atoms with Crippen molar-refractivity contribution in [1.29, 1.82) is 0 Å². The molecule has 3 N–H and O–H groups in total. The molecular formula is C19H29N2O2+. The maximum absolute atomic E-state index is 11.6. The number of nitrogens with two attached hydrogens (primary N) is 1. The zero-order valence-corrected chi connectivity index (χ0v) is 14.5. The Kier molecular flexibility index (Phi) is 4.13. The normalized spacial score (nSPS) is 27.2. The van der Waals surface area contributed by atoms with Gasteiger partial charge in [-0.2, -0.15) is 0 Å². The van der Waals surface area contributed by atoms with Gasteiger partial charge in [-0.05, 0) is 37.3 Å². The highest BCUT2D eigenvalue weighted by Crippen LogP contribution is 2.50. The maximum atomic E-state index is 11.6. The number of phenols is 1. The lowest BCUT2D eigenvalue weighted by Crippen LogP contribution is -2.56. The predicted molar refractivity (Wildman–Crippen MR) is 91.5 cm³/mol. The van der Waals surface area contributed by atoms with Crippen LogP contribution in [0.3, 0.4) is 0 Å². The van der Waals surface area contributed by atoms with Crippen LogP contribution in [0.15, 0.2) is 12.1 Å². The highest BCUT2D eigenvalue weighted by atomic mass is 16.3. The smallest absolute Gasteiger partial charge is 0.252 e. The van der Waals surface area contributed by atoms with Gasteiger partial charge in [0, 0.05) is 17.9 Å². The summed E-state index contributed by atoms with van der Waals surface area (Å²) in [6.07, 6.45) is 5.77. The zero-order chi connectivity index (χ0) is 16.8. The van der Waals surface area contributed by atoms with E-state index in [-0.39, 0.29) is 11.3 Å². The number of hydrogen-bond acceptors (Lipinski definition) is 2. The SMILES string of the molecule is CC[N+](C)(C)[C@@H]1Cc2ccc(C(N)=O)c(O)c2C2CCCC[C@H]21. The number of likely N-dealkylation sites (N-methyl/N-ethyl adjacent to an activating group) is 1. The number of carbonyl (C=O) groups is 1. The maximum Gasteiger partial charge on any atom is 0.252 e. The topological polar surface area (TPSA) is 63.3 Å². The molecule has 0 aromatic heterocycles. The Bertz CT molecular complexity index is 624. The van der Waals surface area contributed by atoms with Gasteiger partial charge in [0.2, 0.25) is 0 Å². The minimum absolute atomic E-state index is 0.146. The van der Waals surface area contributed by atoms with Crippen molar-refractivity contribution < 1.29 is 14.4 Å². The van der Waals surface area contributed by atoms with E-state index in [2.05, 4.69) is 21.0 Å². The van der Waals surface area contributed by atoms with Crippen LogP contribution in [-0.4, -0.2) is 42.2 Å². The lowest BCUT2D eigenvalue weighted by molar-refractivity contribution is -0.918. The van der Waals surface area contributed by atoms with Gasteiger partial charge in [0.1, 0.15) is 5.75 Å². The standard InChI is InChI=1S/C19H28N2O2/c1-4-21(2,3)16-11-12-9-10-15(19(20)23)18(22)17(12)14-8-6-5-7-13(14)16/h9-10,13-14,16H,4-8,11H2,1-3H3,(H2-,20,22,23)/p+1/t13-,14?,16-/m1/s1. The van der Waals surface area contributed by atoms with E-state index in [9.17, 15) is 9.90 Å². The monoisotopic (exact) mass is 317 g/mol. The molecule has 1 amide bonds. The molecular weight excluding hydrogens is 288 g/mol. The number of benzene rings is 1. The first-order valence-electron chi connectivity index (χ1n) is 8.84. The van der Waals surface area contributed by atoms with Crippen molar-refractivity contribution >= 4 is 5.91 Å². The molecule has 3 rings (SSSR count). The molecule has 0 spiro atoms. The highest BCUT2D eigenvalue weighted by molar-refractivity contribution is 5.96. The molecule has 2 aliphatic carbocycles. The van der Waals surface area contributed by atoms with E-state index in [1.165, 1.54) is 24.8 Å². The summed E-state index contributed by atoms with van der Waals surface area (Å²) in [6, 6.07) is 4.29. The van der Waals surface area contributed by atoms with Crippen LogP contribution in [0, 0.1) is 5.92 Å². The van der Waals surface area contributed by atoms with Crippen LogP contribution in [0.25, 0.3) is 0 Å². The Morgan fingerprint density at radius 3 is 2.65 bits per heavy atom. The number of nitrogens with zero attached hydrogens (tertiary/aromatic N) is 1. The van der Waals surface area contributed by atoms with Gasteiger partial charge in [0.25, 0.3) is 5.91 Å². The molecule has 2 aliphatic rings. The number of primary amides is 1. The average molecular weight is 317 g/mol. The van der Waals surface area contributed by atoms with Gasteiger partial charge in [0.15, 0.2) is 0 Å². The summed E-state index contributed by atoms with van der Waals surface area (Å²) in [5.74, 6) is 0.553. The fourth-order valence-electron chi connectivity index (χ4n) is 4.80. The molecule has 0 heterocycles. The average Bonchev–Trinajstić information content (AvgIpc) is 2.53. The van der Waals surface area contributed by atoms with Gasteiger partial charge in [-0.3, -0.25) is 4.79 Å². The molecule has 23 heavy (non-hydrogen) atoms. The third kappa shape index (κ3) is 2.63. The summed E-state index contributed by atoms with van der Waals surface area (Å²) < 4.78 is 1.01. The van der Waals surface area contributed by atoms with Crippen molar-refractivity contribution in [3.05, 3.63) is 28.8 Å². The highest BCUT2D eigenvalue weighted by Gasteiger charge is 2.46. The van der Waals surface area contributed by atoms with Crippen molar-refractivity contribution in [2.24, 2.45) is 11.7 Å². The van der Waals surface area contributed by atoms with Crippen LogP contribution in [-0.2, 0) is 6.42 Å². The van der Waals surface area contributed by atoms with E-state index in [0.717, 1.165) is 29.4 Å². The van der Waals surface area contributed by atoms with Crippen LogP contribution in [0.4, 0.5) is 0 Å².